The molecule has 2 N–H and O–H groups in total. The van der Waals surface area contributed by atoms with Crippen LogP contribution in [0.1, 0.15) is 6.92 Å². The number of amides is 2. The standard InChI is InChI=1S/C6H8N2O/c1-2-3-5-4-7-6(9)8-5/h5H,4H2,1H3,(H2,7,8,9). The van der Waals surface area contributed by atoms with Gasteiger partial charge in [-0.05, 0) is 6.92 Å². The molecule has 1 saturated heterocycles. The number of hydrogen-bond acceptors (Lipinski definition) is 1. The molecule has 2 amide bonds. The molecule has 0 bridgehead atoms. The molecule has 48 valence electrons. The zero-order valence-corrected chi connectivity index (χ0v) is 5.19. The van der Waals surface area contributed by atoms with Crippen molar-refractivity contribution in [3.8, 4) is 11.8 Å². The third-order valence-corrected chi connectivity index (χ3v) is 1.09. The fourth-order valence-electron chi connectivity index (χ4n) is 0.716. The minimum Gasteiger partial charge on any atom is -0.335 e. The Labute approximate surface area is 53.8 Å². The van der Waals surface area contributed by atoms with Crippen LogP contribution >= 0.6 is 0 Å². The van der Waals surface area contributed by atoms with Gasteiger partial charge in [-0.2, -0.15) is 0 Å². The van der Waals surface area contributed by atoms with Crippen LogP contribution in [0.5, 0.6) is 0 Å². The quantitative estimate of drug-likeness (QED) is 0.427. The van der Waals surface area contributed by atoms with Gasteiger partial charge in [0.05, 0.1) is 6.54 Å². The Balaban J connectivity index is 2.45. The van der Waals surface area contributed by atoms with Gasteiger partial charge in [0.15, 0.2) is 0 Å². The Bertz CT molecular complexity index is 177. The third kappa shape index (κ3) is 1.36. The highest BCUT2D eigenvalue weighted by atomic mass is 16.2. The van der Waals surface area contributed by atoms with Crippen LogP contribution in [0.15, 0.2) is 0 Å². The first kappa shape index (κ1) is 5.96. The van der Waals surface area contributed by atoms with E-state index in [0.29, 0.717) is 6.54 Å². The number of urea groups is 1. The lowest BCUT2D eigenvalue weighted by molar-refractivity contribution is 0.248. The van der Waals surface area contributed by atoms with Crippen LogP contribution in [-0.4, -0.2) is 18.6 Å². The fourth-order valence-corrected chi connectivity index (χ4v) is 0.716. The van der Waals surface area contributed by atoms with Crippen molar-refractivity contribution in [1.82, 2.24) is 10.6 Å². The van der Waals surface area contributed by atoms with Crippen LogP contribution < -0.4 is 10.6 Å². The average molecular weight is 124 g/mol. The van der Waals surface area contributed by atoms with Crippen molar-refractivity contribution < 1.29 is 4.79 Å². The van der Waals surface area contributed by atoms with Crippen molar-refractivity contribution in [3.63, 3.8) is 0 Å². The van der Waals surface area contributed by atoms with E-state index in [-0.39, 0.29) is 12.1 Å². The molecule has 1 atom stereocenters. The fraction of sp³-hybridized carbons (Fsp3) is 0.500. The SMILES string of the molecule is CC#CC1CNC(=O)N1. The molecule has 1 aliphatic heterocycles. The van der Waals surface area contributed by atoms with E-state index in [1.165, 1.54) is 0 Å². The summed E-state index contributed by atoms with van der Waals surface area (Å²) < 4.78 is 0. The molecule has 0 aromatic rings. The molecule has 0 radical (unpaired) electrons. The van der Waals surface area contributed by atoms with Gasteiger partial charge >= 0.3 is 6.03 Å². The second-order valence-corrected chi connectivity index (χ2v) is 1.80. The van der Waals surface area contributed by atoms with Gasteiger partial charge in [0, 0.05) is 0 Å². The molecular formula is C6H8N2O. The summed E-state index contributed by atoms with van der Waals surface area (Å²) in [7, 11) is 0. The van der Waals surface area contributed by atoms with Crippen molar-refractivity contribution in [2.24, 2.45) is 0 Å². The maximum atomic E-state index is 10.4. The normalized spacial score (nSPS) is 23.7. The highest BCUT2D eigenvalue weighted by Gasteiger charge is 2.16. The van der Waals surface area contributed by atoms with E-state index in [1.807, 2.05) is 0 Å². The molecule has 0 spiro atoms. The largest absolute Gasteiger partial charge is 0.335 e. The monoisotopic (exact) mass is 124 g/mol. The zero-order valence-electron chi connectivity index (χ0n) is 5.19. The zero-order chi connectivity index (χ0) is 6.69. The highest BCUT2D eigenvalue weighted by molar-refractivity contribution is 5.77. The van der Waals surface area contributed by atoms with Gasteiger partial charge in [0.2, 0.25) is 0 Å². The molecule has 3 heteroatoms. The number of hydrogen-bond donors (Lipinski definition) is 2. The van der Waals surface area contributed by atoms with E-state index in [0.717, 1.165) is 0 Å². The van der Waals surface area contributed by atoms with Crippen LogP contribution in [0.4, 0.5) is 4.79 Å². The lowest BCUT2D eigenvalue weighted by Gasteiger charge is -1.93. The lowest BCUT2D eigenvalue weighted by atomic mass is 10.3. The maximum Gasteiger partial charge on any atom is 0.315 e. The number of carbonyl (C=O) groups excluding carboxylic acids is 1. The predicted octanol–water partition coefficient (Wildman–Crippen LogP) is -0.309. The summed E-state index contributed by atoms with van der Waals surface area (Å²) >= 11 is 0. The molecule has 1 aliphatic rings. The van der Waals surface area contributed by atoms with Crippen molar-refractivity contribution in [2.75, 3.05) is 6.54 Å². The summed E-state index contributed by atoms with van der Waals surface area (Å²) in [6, 6.07) is -0.106. The van der Waals surface area contributed by atoms with Crippen molar-refractivity contribution in [1.29, 1.82) is 0 Å². The Kier molecular flexibility index (Phi) is 1.59. The van der Waals surface area contributed by atoms with Crippen molar-refractivity contribution >= 4 is 6.03 Å². The second-order valence-electron chi connectivity index (χ2n) is 1.80. The van der Waals surface area contributed by atoms with Crippen LogP contribution in [0.3, 0.4) is 0 Å². The van der Waals surface area contributed by atoms with E-state index in [1.54, 1.807) is 6.92 Å². The summed E-state index contributed by atoms with van der Waals surface area (Å²) in [6.45, 7) is 2.38. The summed E-state index contributed by atoms with van der Waals surface area (Å²) in [5, 5.41) is 5.23. The Hall–Kier alpha value is -1.17. The van der Waals surface area contributed by atoms with E-state index in [4.69, 9.17) is 0 Å². The average Bonchev–Trinajstić information content (AvgIpc) is 2.17. The maximum absolute atomic E-state index is 10.4. The Morgan fingerprint density at radius 2 is 2.56 bits per heavy atom. The topological polar surface area (TPSA) is 41.1 Å². The van der Waals surface area contributed by atoms with Crippen molar-refractivity contribution in [3.05, 3.63) is 0 Å². The summed E-state index contributed by atoms with van der Waals surface area (Å²) in [5.41, 5.74) is 0. The van der Waals surface area contributed by atoms with E-state index in [9.17, 15) is 4.79 Å². The second kappa shape index (κ2) is 2.40. The van der Waals surface area contributed by atoms with E-state index in [2.05, 4.69) is 22.5 Å². The summed E-state index contributed by atoms with van der Waals surface area (Å²) in [5.74, 6) is 5.56. The molecule has 1 unspecified atom stereocenters. The van der Waals surface area contributed by atoms with Crippen LogP contribution in [-0.2, 0) is 0 Å². The molecule has 0 aromatic carbocycles. The van der Waals surface area contributed by atoms with E-state index >= 15 is 0 Å². The molecule has 3 nitrogen and oxygen atoms in total. The number of rotatable bonds is 0. The molecule has 0 aliphatic carbocycles. The van der Waals surface area contributed by atoms with Crippen LogP contribution in [0.25, 0.3) is 0 Å². The van der Waals surface area contributed by atoms with Gasteiger partial charge < -0.3 is 10.6 Å². The molecule has 1 heterocycles. The van der Waals surface area contributed by atoms with Gasteiger partial charge in [-0.15, -0.1) is 5.92 Å². The highest BCUT2D eigenvalue weighted by Crippen LogP contribution is 1.86. The summed E-state index contributed by atoms with van der Waals surface area (Å²) in [4.78, 5) is 10.4. The third-order valence-electron chi connectivity index (χ3n) is 1.09. The van der Waals surface area contributed by atoms with Gasteiger partial charge in [0.25, 0.3) is 0 Å². The minimum absolute atomic E-state index is 0.0162. The lowest BCUT2D eigenvalue weighted by Crippen LogP contribution is -2.25. The Morgan fingerprint density at radius 3 is 3.00 bits per heavy atom. The van der Waals surface area contributed by atoms with Gasteiger partial charge in [0.1, 0.15) is 6.04 Å². The van der Waals surface area contributed by atoms with Gasteiger partial charge in [-0.25, -0.2) is 4.79 Å². The minimum atomic E-state index is -0.122. The first-order valence-electron chi connectivity index (χ1n) is 2.79. The molecule has 0 aromatic heterocycles. The first-order chi connectivity index (χ1) is 4.33. The number of carbonyl (C=O) groups is 1. The van der Waals surface area contributed by atoms with Gasteiger partial charge in [-0.1, -0.05) is 5.92 Å². The molecule has 1 fully saturated rings. The van der Waals surface area contributed by atoms with Crippen LogP contribution in [0, 0.1) is 11.8 Å². The van der Waals surface area contributed by atoms with Crippen LogP contribution in [0.2, 0.25) is 0 Å². The Morgan fingerprint density at radius 1 is 1.78 bits per heavy atom. The van der Waals surface area contributed by atoms with Gasteiger partial charge in [-0.3, -0.25) is 0 Å². The first-order valence-corrected chi connectivity index (χ1v) is 2.79. The van der Waals surface area contributed by atoms with Crippen molar-refractivity contribution in [2.45, 2.75) is 13.0 Å². The summed E-state index contributed by atoms with van der Waals surface area (Å²) in [6.07, 6.45) is 0. The molecule has 9 heavy (non-hydrogen) atoms. The molecule has 0 saturated carbocycles. The molecular weight excluding hydrogens is 116 g/mol. The predicted molar refractivity (Wildman–Crippen MR) is 33.8 cm³/mol. The molecule has 1 rings (SSSR count). The van der Waals surface area contributed by atoms with E-state index < -0.39 is 0 Å². The number of nitrogens with one attached hydrogen (secondary N) is 2. The smallest absolute Gasteiger partial charge is 0.315 e.